The lowest BCUT2D eigenvalue weighted by atomic mass is 10.1. The smallest absolute Gasteiger partial charge is 0.234 e. The Bertz CT molecular complexity index is 455. The summed E-state index contributed by atoms with van der Waals surface area (Å²) in [5.41, 5.74) is 0.785. The van der Waals surface area contributed by atoms with Crippen LogP contribution >= 0.6 is 0 Å². The SMILES string of the molecule is Cc1ccccc1OCC(O)CNCC(=O)NC(C)(C)C. The molecule has 0 bridgehead atoms. The van der Waals surface area contributed by atoms with Crippen LogP contribution in [0, 0.1) is 6.92 Å². The maximum Gasteiger partial charge on any atom is 0.234 e. The summed E-state index contributed by atoms with van der Waals surface area (Å²) < 4.78 is 5.55. The van der Waals surface area contributed by atoms with Crippen LogP contribution in [-0.4, -0.2) is 42.4 Å². The maximum atomic E-state index is 11.6. The molecule has 0 saturated carbocycles. The average molecular weight is 294 g/mol. The number of benzene rings is 1. The number of amides is 1. The summed E-state index contributed by atoms with van der Waals surface area (Å²) in [5.74, 6) is 0.677. The van der Waals surface area contributed by atoms with E-state index in [1.807, 2.05) is 52.0 Å². The molecule has 21 heavy (non-hydrogen) atoms. The van der Waals surface area contributed by atoms with Gasteiger partial charge >= 0.3 is 0 Å². The van der Waals surface area contributed by atoms with E-state index in [0.29, 0.717) is 6.54 Å². The van der Waals surface area contributed by atoms with Crippen molar-refractivity contribution in [2.45, 2.75) is 39.3 Å². The Kier molecular flexibility index (Phi) is 6.65. The minimum Gasteiger partial charge on any atom is -0.491 e. The van der Waals surface area contributed by atoms with Gasteiger partial charge in [-0.25, -0.2) is 0 Å². The van der Waals surface area contributed by atoms with E-state index in [9.17, 15) is 9.90 Å². The van der Waals surface area contributed by atoms with Gasteiger partial charge in [-0.2, -0.15) is 0 Å². The lowest BCUT2D eigenvalue weighted by Crippen LogP contribution is -2.46. The number of carbonyl (C=O) groups is 1. The third-order valence-corrected chi connectivity index (χ3v) is 2.70. The highest BCUT2D eigenvalue weighted by Gasteiger charge is 2.13. The van der Waals surface area contributed by atoms with Gasteiger partial charge in [-0.1, -0.05) is 18.2 Å². The zero-order valence-corrected chi connectivity index (χ0v) is 13.3. The first kappa shape index (κ1) is 17.5. The summed E-state index contributed by atoms with van der Waals surface area (Å²) in [7, 11) is 0. The van der Waals surface area contributed by atoms with Crippen molar-refractivity contribution in [1.29, 1.82) is 0 Å². The van der Waals surface area contributed by atoms with Crippen molar-refractivity contribution in [1.82, 2.24) is 10.6 Å². The van der Waals surface area contributed by atoms with Gasteiger partial charge in [-0.05, 0) is 39.3 Å². The molecule has 5 nitrogen and oxygen atoms in total. The fraction of sp³-hybridized carbons (Fsp3) is 0.562. The molecule has 0 aromatic heterocycles. The predicted octanol–water partition coefficient (Wildman–Crippen LogP) is 1.24. The van der Waals surface area contributed by atoms with Crippen molar-refractivity contribution in [2.75, 3.05) is 19.7 Å². The number of ether oxygens (including phenoxy) is 1. The van der Waals surface area contributed by atoms with E-state index in [-0.39, 0.29) is 24.6 Å². The molecular formula is C16H26N2O3. The molecule has 3 N–H and O–H groups in total. The number of aliphatic hydroxyl groups is 1. The van der Waals surface area contributed by atoms with Crippen LogP contribution in [0.5, 0.6) is 5.75 Å². The fourth-order valence-electron chi connectivity index (χ4n) is 1.78. The highest BCUT2D eigenvalue weighted by Crippen LogP contribution is 2.16. The highest BCUT2D eigenvalue weighted by atomic mass is 16.5. The van der Waals surface area contributed by atoms with Gasteiger partial charge < -0.3 is 20.5 Å². The lowest BCUT2D eigenvalue weighted by molar-refractivity contribution is -0.121. The van der Waals surface area contributed by atoms with Crippen LogP contribution in [0.25, 0.3) is 0 Å². The minimum absolute atomic E-state index is 0.0884. The van der Waals surface area contributed by atoms with Gasteiger partial charge in [-0.15, -0.1) is 0 Å². The lowest BCUT2D eigenvalue weighted by Gasteiger charge is -2.21. The summed E-state index contributed by atoms with van der Waals surface area (Å²) in [6, 6.07) is 7.65. The van der Waals surface area contributed by atoms with Gasteiger partial charge in [-0.3, -0.25) is 4.79 Å². The fourth-order valence-corrected chi connectivity index (χ4v) is 1.78. The first-order valence-corrected chi connectivity index (χ1v) is 7.16. The molecule has 0 saturated heterocycles. The van der Waals surface area contributed by atoms with E-state index in [0.717, 1.165) is 11.3 Å². The molecule has 1 aromatic rings. The molecule has 5 heteroatoms. The van der Waals surface area contributed by atoms with Gasteiger partial charge in [0, 0.05) is 12.1 Å². The maximum absolute atomic E-state index is 11.6. The molecule has 0 heterocycles. The molecule has 1 unspecified atom stereocenters. The topological polar surface area (TPSA) is 70.6 Å². The van der Waals surface area contributed by atoms with Crippen LogP contribution in [0.2, 0.25) is 0 Å². The van der Waals surface area contributed by atoms with E-state index in [1.54, 1.807) is 0 Å². The van der Waals surface area contributed by atoms with Gasteiger partial charge in [0.2, 0.25) is 5.91 Å². The number of hydrogen-bond acceptors (Lipinski definition) is 4. The summed E-state index contributed by atoms with van der Waals surface area (Å²) in [6.45, 7) is 8.42. The second kappa shape index (κ2) is 8.00. The highest BCUT2D eigenvalue weighted by molar-refractivity contribution is 5.78. The van der Waals surface area contributed by atoms with Crippen LogP contribution in [0.4, 0.5) is 0 Å². The number of nitrogens with one attached hydrogen (secondary N) is 2. The van der Waals surface area contributed by atoms with E-state index < -0.39 is 6.10 Å². The van der Waals surface area contributed by atoms with Gasteiger partial charge in [0.05, 0.1) is 6.54 Å². The standard InChI is InChI=1S/C16H26N2O3/c1-12-7-5-6-8-14(12)21-11-13(19)9-17-10-15(20)18-16(2,3)4/h5-8,13,17,19H,9-11H2,1-4H3,(H,18,20). The van der Waals surface area contributed by atoms with Gasteiger partial charge in [0.25, 0.3) is 0 Å². The first-order valence-electron chi connectivity index (χ1n) is 7.16. The van der Waals surface area contributed by atoms with E-state index in [4.69, 9.17) is 4.74 Å². The summed E-state index contributed by atoms with van der Waals surface area (Å²) in [6.07, 6.45) is -0.660. The van der Waals surface area contributed by atoms with E-state index in [1.165, 1.54) is 0 Å². The van der Waals surface area contributed by atoms with E-state index >= 15 is 0 Å². The molecule has 0 aliphatic carbocycles. The Balaban J connectivity index is 2.21. The molecule has 0 spiro atoms. The molecule has 1 amide bonds. The van der Waals surface area contributed by atoms with Crippen molar-refractivity contribution >= 4 is 5.91 Å². The van der Waals surface area contributed by atoms with Crippen molar-refractivity contribution in [3.63, 3.8) is 0 Å². The molecule has 118 valence electrons. The van der Waals surface area contributed by atoms with Crippen molar-refractivity contribution < 1.29 is 14.6 Å². The Morgan fingerprint density at radius 1 is 1.33 bits per heavy atom. The number of carbonyl (C=O) groups excluding carboxylic acids is 1. The Morgan fingerprint density at radius 2 is 2.00 bits per heavy atom. The van der Waals surface area contributed by atoms with Crippen molar-refractivity contribution in [3.05, 3.63) is 29.8 Å². The Hall–Kier alpha value is -1.59. The molecular weight excluding hydrogens is 268 g/mol. The zero-order valence-electron chi connectivity index (χ0n) is 13.3. The third kappa shape index (κ3) is 7.68. The number of hydrogen-bond donors (Lipinski definition) is 3. The average Bonchev–Trinajstić information content (AvgIpc) is 2.35. The monoisotopic (exact) mass is 294 g/mol. The summed E-state index contributed by atoms with van der Waals surface area (Å²) >= 11 is 0. The number of aliphatic hydroxyl groups excluding tert-OH is 1. The van der Waals surface area contributed by atoms with Crippen LogP contribution in [0.3, 0.4) is 0 Å². The molecule has 0 aliphatic rings. The molecule has 1 rings (SSSR count). The largest absolute Gasteiger partial charge is 0.491 e. The summed E-state index contributed by atoms with van der Waals surface area (Å²) in [5, 5.41) is 15.6. The quantitative estimate of drug-likeness (QED) is 0.707. The van der Waals surface area contributed by atoms with Crippen LogP contribution in [0.15, 0.2) is 24.3 Å². The van der Waals surface area contributed by atoms with Crippen LogP contribution in [-0.2, 0) is 4.79 Å². The van der Waals surface area contributed by atoms with E-state index in [2.05, 4.69) is 10.6 Å². The van der Waals surface area contributed by atoms with Crippen LogP contribution < -0.4 is 15.4 Å². The molecule has 1 atom stereocenters. The van der Waals surface area contributed by atoms with Crippen LogP contribution in [0.1, 0.15) is 26.3 Å². The predicted molar refractivity (Wildman–Crippen MR) is 83.4 cm³/mol. The summed E-state index contributed by atoms with van der Waals surface area (Å²) in [4.78, 5) is 11.6. The molecule has 0 fully saturated rings. The van der Waals surface area contributed by atoms with Crippen molar-refractivity contribution in [3.8, 4) is 5.75 Å². The Labute approximate surface area is 126 Å². The number of aryl methyl sites for hydroxylation is 1. The zero-order chi connectivity index (χ0) is 15.9. The molecule has 0 radical (unpaired) electrons. The Morgan fingerprint density at radius 3 is 2.62 bits per heavy atom. The second-order valence-corrected chi connectivity index (χ2v) is 6.16. The molecule has 1 aromatic carbocycles. The van der Waals surface area contributed by atoms with Gasteiger partial charge in [0.1, 0.15) is 18.5 Å². The second-order valence-electron chi connectivity index (χ2n) is 6.16. The number of para-hydroxylation sites is 1. The van der Waals surface area contributed by atoms with Gasteiger partial charge in [0.15, 0.2) is 0 Å². The first-order chi connectivity index (χ1) is 9.78. The van der Waals surface area contributed by atoms with Crippen molar-refractivity contribution in [2.24, 2.45) is 0 Å². The minimum atomic E-state index is -0.660. The number of rotatable bonds is 7. The molecule has 0 aliphatic heterocycles. The normalized spacial score (nSPS) is 12.8. The third-order valence-electron chi connectivity index (χ3n) is 2.70.